The number of carbonyl (C=O) groups excluding carboxylic acids is 1. The Morgan fingerprint density at radius 3 is 2.64 bits per heavy atom. The molecule has 2 aromatic heterocycles. The lowest BCUT2D eigenvalue weighted by Gasteiger charge is -2.38. The normalized spacial score (nSPS) is 15.4. The molecule has 170 valence electrons. The Morgan fingerprint density at radius 2 is 1.88 bits per heavy atom. The number of para-hydroxylation sites is 1. The number of furan rings is 1. The van der Waals surface area contributed by atoms with Gasteiger partial charge in [-0.3, -0.25) is 4.79 Å². The van der Waals surface area contributed by atoms with Crippen LogP contribution in [0.1, 0.15) is 35.9 Å². The summed E-state index contributed by atoms with van der Waals surface area (Å²) in [7, 11) is 0. The summed E-state index contributed by atoms with van der Waals surface area (Å²) >= 11 is 1.55. The third kappa shape index (κ3) is 4.51. The predicted octanol–water partition coefficient (Wildman–Crippen LogP) is 5.43. The van der Waals surface area contributed by atoms with Gasteiger partial charge in [0.1, 0.15) is 5.75 Å². The Hall–Kier alpha value is -3.16. The Balaban J connectivity index is 1.31. The number of hydrogen-bond acceptors (Lipinski definition) is 6. The molecule has 0 bridgehead atoms. The van der Waals surface area contributed by atoms with Gasteiger partial charge in [0.2, 0.25) is 0 Å². The third-order valence-corrected chi connectivity index (χ3v) is 7.20. The summed E-state index contributed by atoms with van der Waals surface area (Å²) in [6.07, 6.45) is 1.69. The standard InChI is InChI=1S/C26H26N2O4S/c1-2-31-19-9-7-18(8-10-19)26(13-15-30-16-14-26)17-27-24(29)21-11-12-22(32-21)25-28-20-5-3-4-6-23(20)33-25/h3-12H,2,13-17H2,1H3,(H,27,29). The van der Waals surface area contributed by atoms with Gasteiger partial charge in [-0.15, -0.1) is 11.3 Å². The van der Waals surface area contributed by atoms with E-state index in [2.05, 4.69) is 22.4 Å². The molecule has 4 aromatic rings. The topological polar surface area (TPSA) is 73.6 Å². The fraction of sp³-hybridized carbons (Fsp3) is 0.308. The van der Waals surface area contributed by atoms with Crippen molar-refractivity contribution in [3.63, 3.8) is 0 Å². The first-order valence-electron chi connectivity index (χ1n) is 11.2. The summed E-state index contributed by atoms with van der Waals surface area (Å²) in [5.74, 6) is 1.52. The smallest absolute Gasteiger partial charge is 0.287 e. The van der Waals surface area contributed by atoms with Gasteiger partial charge in [-0.1, -0.05) is 24.3 Å². The molecule has 1 aliphatic heterocycles. The van der Waals surface area contributed by atoms with E-state index in [4.69, 9.17) is 13.9 Å². The number of carbonyl (C=O) groups is 1. The molecular weight excluding hydrogens is 436 g/mol. The third-order valence-electron chi connectivity index (χ3n) is 6.15. The molecule has 33 heavy (non-hydrogen) atoms. The van der Waals surface area contributed by atoms with Gasteiger partial charge in [-0.25, -0.2) is 4.98 Å². The average Bonchev–Trinajstić information content (AvgIpc) is 3.51. The lowest BCUT2D eigenvalue weighted by molar-refractivity contribution is 0.0484. The van der Waals surface area contributed by atoms with Crippen LogP contribution in [-0.2, 0) is 10.2 Å². The van der Waals surface area contributed by atoms with Crippen molar-refractivity contribution in [2.45, 2.75) is 25.2 Å². The second-order valence-corrected chi connectivity index (χ2v) is 9.21. The van der Waals surface area contributed by atoms with Gasteiger partial charge in [-0.05, 0) is 61.7 Å². The monoisotopic (exact) mass is 462 g/mol. The van der Waals surface area contributed by atoms with Crippen LogP contribution in [0.3, 0.4) is 0 Å². The zero-order valence-electron chi connectivity index (χ0n) is 18.5. The molecule has 2 aromatic carbocycles. The van der Waals surface area contributed by atoms with Gasteiger partial charge >= 0.3 is 0 Å². The van der Waals surface area contributed by atoms with Gasteiger partial charge in [0.05, 0.1) is 16.8 Å². The van der Waals surface area contributed by atoms with E-state index in [0.29, 0.717) is 32.1 Å². The van der Waals surface area contributed by atoms with E-state index in [1.54, 1.807) is 17.4 Å². The van der Waals surface area contributed by atoms with Crippen LogP contribution in [0, 0.1) is 0 Å². The van der Waals surface area contributed by atoms with Gasteiger partial charge in [0, 0.05) is 25.2 Å². The fourth-order valence-corrected chi connectivity index (χ4v) is 5.22. The van der Waals surface area contributed by atoms with Crippen molar-refractivity contribution in [1.82, 2.24) is 10.3 Å². The molecule has 1 N–H and O–H groups in total. The summed E-state index contributed by atoms with van der Waals surface area (Å²) in [5.41, 5.74) is 1.93. The number of ether oxygens (including phenoxy) is 2. The number of nitrogens with zero attached hydrogens (tertiary/aromatic N) is 1. The van der Waals surface area contributed by atoms with E-state index in [9.17, 15) is 4.79 Å². The minimum absolute atomic E-state index is 0.179. The summed E-state index contributed by atoms with van der Waals surface area (Å²) in [6.45, 7) is 4.47. The highest BCUT2D eigenvalue weighted by Gasteiger charge is 2.35. The van der Waals surface area contributed by atoms with E-state index in [1.807, 2.05) is 49.4 Å². The molecule has 0 saturated carbocycles. The van der Waals surface area contributed by atoms with Crippen molar-refractivity contribution < 1.29 is 18.7 Å². The Labute approximate surface area is 196 Å². The largest absolute Gasteiger partial charge is 0.494 e. The molecule has 0 radical (unpaired) electrons. The molecule has 1 fully saturated rings. The summed E-state index contributed by atoms with van der Waals surface area (Å²) in [6, 6.07) is 19.7. The van der Waals surface area contributed by atoms with Crippen molar-refractivity contribution in [2.24, 2.45) is 0 Å². The number of rotatable bonds is 7. The number of amides is 1. The van der Waals surface area contributed by atoms with Gasteiger partial charge in [-0.2, -0.15) is 0 Å². The highest BCUT2D eigenvalue weighted by atomic mass is 32.1. The number of benzene rings is 2. The molecule has 0 atom stereocenters. The first kappa shape index (κ1) is 21.7. The fourth-order valence-electron chi connectivity index (χ4n) is 4.29. The average molecular weight is 463 g/mol. The minimum atomic E-state index is -0.223. The molecule has 6 nitrogen and oxygen atoms in total. The zero-order valence-corrected chi connectivity index (χ0v) is 19.3. The molecular formula is C26H26N2O4S. The molecule has 0 spiro atoms. The van der Waals surface area contributed by atoms with Crippen LogP contribution in [0.25, 0.3) is 21.0 Å². The molecule has 3 heterocycles. The van der Waals surface area contributed by atoms with Crippen molar-refractivity contribution in [1.29, 1.82) is 0 Å². The predicted molar refractivity (Wildman–Crippen MR) is 129 cm³/mol. The minimum Gasteiger partial charge on any atom is -0.494 e. The van der Waals surface area contributed by atoms with Crippen LogP contribution in [0.5, 0.6) is 5.75 Å². The van der Waals surface area contributed by atoms with E-state index in [-0.39, 0.29) is 17.1 Å². The number of aromatic nitrogens is 1. The van der Waals surface area contributed by atoms with Crippen LogP contribution < -0.4 is 10.1 Å². The molecule has 1 aliphatic rings. The van der Waals surface area contributed by atoms with Crippen molar-refractivity contribution in [3.8, 4) is 16.5 Å². The molecule has 0 unspecified atom stereocenters. The maximum atomic E-state index is 12.9. The van der Waals surface area contributed by atoms with E-state index >= 15 is 0 Å². The Kier molecular flexibility index (Phi) is 6.15. The Bertz CT molecular complexity index is 1210. The van der Waals surface area contributed by atoms with E-state index in [0.717, 1.165) is 33.8 Å². The second kappa shape index (κ2) is 9.37. The van der Waals surface area contributed by atoms with Gasteiger partial charge in [0.25, 0.3) is 5.91 Å². The van der Waals surface area contributed by atoms with Crippen LogP contribution >= 0.6 is 11.3 Å². The first-order valence-corrected chi connectivity index (χ1v) is 12.0. The molecule has 1 amide bonds. The lowest BCUT2D eigenvalue weighted by atomic mass is 9.74. The first-order chi connectivity index (χ1) is 16.2. The van der Waals surface area contributed by atoms with Gasteiger partial charge < -0.3 is 19.2 Å². The maximum absolute atomic E-state index is 12.9. The lowest BCUT2D eigenvalue weighted by Crippen LogP contribution is -2.44. The number of hydrogen-bond donors (Lipinski definition) is 1. The SMILES string of the molecule is CCOc1ccc(C2(CNC(=O)c3ccc(-c4nc5ccccc5s4)o3)CCOCC2)cc1. The van der Waals surface area contributed by atoms with Crippen molar-refractivity contribution in [2.75, 3.05) is 26.4 Å². The number of fused-ring (bicyclic) bond motifs is 1. The highest BCUT2D eigenvalue weighted by molar-refractivity contribution is 7.21. The second-order valence-electron chi connectivity index (χ2n) is 8.18. The van der Waals surface area contributed by atoms with Crippen LogP contribution in [-0.4, -0.2) is 37.3 Å². The van der Waals surface area contributed by atoms with Crippen LogP contribution in [0.2, 0.25) is 0 Å². The number of thiazole rings is 1. The summed E-state index contributed by atoms with van der Waals surface area (Å²) in [5, 5.41) is 3.87. The number of nitrogens with one attached hydrogen (secondary N) is 1. The van der Waals surface area contributed by atoms with E-state index < -0.39 is 0 Å². The quantitative estimate of drug-likeness (QED) is 0.396. The molecule has 1 saturated heterocycles. The highest BCUT2D eigenvalue weighted by Crippen LogP contribution is 2.36. The van der Waals surface area contributed by atoms with Crippen LogP contribution in [0.4, 0.5) is 0 Å². The Morgan fingerprint density at radius 1 is 1.09 bits per heavy atom. The van der Waals surface area contributed by atoms with E-state index in [1.165, 1.54) is 5.56 Å². The van der Waals surface area contributed by atoms with Crippen LogP contribution in [0.15, 0.2) is 65.1 Å². The zero-order chi connectivity index (χ0) is 22.7. The summed E-state index contributed by atoms with van der Waals surface area (Å²) in [4.78, 5) is 17.6. The molecule has 5 rings (SSSR count). The van der Waals surface area contributed by atoms with Crippen molar-refractivity contribution >= 4 is 27.5 Å². The van der Waals surface area contributed by atoms with Crippen molar-refractivity contribution in [3.05, 3.63) is 72.0 Å². The maximum Gasteiger partial charge on any atom is 0.287 e. The molecule has 0 aliphatic carbocycles. The van der Waals surface area contributed by atoms with Gasteiger partial charge in [0.15, 0.2) is 16.5 Å². The molecule has 7 heteroatoms. The summed E-state index contributed by atoms with van der Waals surface area (Å²) < 4.78 is 18.2.